The highest BCUT2D eigenvalue weighted by atomic mass is 19.1. The molecule has 1 heterocycles. The van der Waals surface area contributed by atoms with E-state index in [1.807, 2.05) is 6.07 Å². The van der Waals surface area contributed by atoms with Gasteiger partial charge in [0.1, 0.15) is 0 Å². The van der Waals surface area contributed by atoms with Gasteiger partial charge in [-0.15, -0.1) is 0 Å². The lowest BCUT2D eigenvalue weighted by Crippen LogP contribution is -2.42. The third-order valence-electron chi connectivity index (χ3n) is 3.68. The molecule has 2 unspecified atom stereocenters. The topological polar surface area (TPSA) is 24.5 Å². The fourth-order valence-electron chi connectivity index (χ4n) is 2.47. The van der Waals surface area contributed by atoms with Crippen molar-refractivity contribution in [3.8, 4) is 5.75 Å². The van der Waals surface area contributed by atoms with Crippen LogP contribution in [-0.4, -0.2) is 32.8 Å². The summed E-state index contributed by atoms with van der Waals surface area (Å²) in [5, 5.41) is 3.53. The molecule has 1 aromatic carbocycles. The molecule has 0 bridgehead atoms. The molecule has 0 amide bonds. The number of methoxy groups -OCH3 is 1. The number of benzene rings is 1. The molecule has 1 fully saturated rings. The standard InChI is InChI=1S/C15H23FN2O/c1-11-9-17-12(2)6-7-18(10-11)13-4-5-14(16)15(8-13)19-3/h4-5,8,11-12,17H,6-7,9-10H2,1-3H3. The van der Waals surface area contributed by atoms with Crippen molar-refractivity contribution >= 4 is 5.69 Å². The van der Waals surface area contributed by atoms with Crippen LogP contribution in [0, 0.1) is 11.7 Å². The van der Waals surface area contributed by atoms with Gasteiger partial charge in [0.25, 0.3) is 0 Å². The van der Waals surface area contributed by atoms with Gasteiger partial charge in [-0.3, -0.25) is 0 Å². The molecular weight excluding hydrogens is 243 g/mol. The highest BCUT2D eigenvalue weighted by Crippen LogP contribution is 2.25. The minimum absolute atomic E-state index is 0.304. The molecule has 1 N–H and O–H groups in total. The summed E-state index contributed by atoms with van der Waals surface area (Å²) in [5.74, 6) is 0.582. The van der Waals surface area contributed by atoms with E-state index >= 15 is 0 Å². The first kappa shape index (κ1) is 14.1. The Hall–Kier alpha value is -1.29. The summed E-state index contributed by atoms with van der Waals surface area (Å²) in [6.07, 6.45) is 1.09. The van der Waals surface area contributed by atoms with Gasteiger partial charge in [0.2, 0.25) is 0 Å². The van der Waals surface area contributed by atoms with Crippen LogP contribution in [0.25, 0.3) is 0 Å². The highest BCUT2D eigenvalue weighted by Gasteiger charge is 2.17. The van der Waals surface area contributed by atoms with E-state index in [2.05, 4.69) is 24.1 Å². The summed E-state index contributed by atoms with van der Waals surface area (Å²) in [4.78, 5) is 2.32. The van der Waals surface area contributed by atoms with E-state index in [1.165, 1.54) is 13.2 Å². The monoisotopic (exact) mass is 266 g/mol. The number of nitrogens with one attached hydrogen (secondary N) is 1. The van der Waals surface area contributed by atoms with Crippen LogP contribution in [0.5, 0.6) is 5.75 Å². The number of hydrogen-bond acceptors (Lipinski definition) is 3. The zero-order valence-corrected chi connectivity index (χ0v) is 11.9. The Labute approximate surface area is 114 Å². The van der Waals surface area contributed by atoms with E-state index in [0.717, 1.165) is 31.7 Å². The number of hydrogen-bond donors (Lipinski definition) is 1. The van der Waals surface area contributed by atoms with Gasteiger partial charge in [0.05, 0.1) is 7.11 Å². The summed E-state index contributed by atoms with van der Waals surface area (Å²) >= 11 is 0. The lowest BCUT2D eigenvalue weighted by Gasteiger charge is -2.33. The molecule has 0 aliphatic carbocycles. The lowest BCUT2D eigenvalue weighted by atomic mass is 10.1. The first-order chi connectivity index (χ1) is 9.10. The van der Waals surface area contributed by atoms with Gasteiger partial charge >= 0.3 is 0 Å². The Balaban J connectivity index is 2.18. The second-order valence-corrected chi connectivity index (χ2v) is 5.47. The van der Waals surface area contributed by atoms with E-state index in [9.17, 15) is 4.39 Å². The Morgan fingerprint density at radius 1 is 1.37 bits per heavy atom. The van der Waals surface area contributed by atoms with Crippen molar-refractivity contribution in [3.63, 3.8) is 0 Å². The van der Waals surface area contributed by atoms with E-state index < -0.39 is 0 Å². The molecule has 19 heavy (non-hydrogen) atoms. The third kappa shape index (κ3) is 3.60. The maximum atomic E-state index is 13.5. The third-order valence-corrected chi connectivity index (χ3v) is 3.68. The van der Waals surface area contributed by atoms with E-state index in [0.29, 0.717) is 17.7 Å². The quantitative estimate of drug-likeness (QED) is 0.890. The SMILES string of the molecule is COc1cc(N2CCC(C)NCC(C)C2)ccc1F. The fourth-order valence-corrected chi connectivity index (χ4v) is 2.47. The van der Waals surface area contributed by atoms with Crippen LogP contribution in [0.15, 0.2) is 18.2 Å². The summed E-state index contributed by atoms with van der Waals surface area (Å²) in [6, 6.07) is 5.64. The van der Waals surface area contributed by atoms with Crippen LogP contribution in [0.2, 0.25) is 0 Å². The van der Waals surface area contributed by atoms with Crippen molar-refractivity contribution in [3.05, 3.63) is 24.0 Å². The van der Waals surface area contributed by atoms with Gasteiger partial charge in [-0.1, -0.05) is 6.92 Å². The van der Waals surface area contributed by atoms with Crippen molar-refractivity contribution in [1.29, 1.82) is 0 Å². The molecule has 1 saturated heterocycles. The molecule has 0 radical (unpaired) electrons. The van der Waals surface area contributed by atoms with Gasteiger partial charge in [-0.25, -0.2) is 4.39 Å². The average Bonchev–Trinajstić information content (AvgIpc) is 2.40. The second kappa shape index (κ2) is 6.24. The maximum absolute atomic E-state index is 13.5. The Kier molecular flexibility index (Phi) is 4.64. The normalized spacial score (nSPS) is 24.7. The van der Waals surface area contributed by atoms with Gasteiger partial charge in [0, 0.05) is 30.9 Å². The smallest absolute Gasteiger partial charge is 0.165 e. The van der Waals surface area contributed by atoms with Gasteiger partial charge in [-0.2, -0.15) is 0 Å². The summed E-state index contributed by atoms with van der Waals surface area (Å²) in [5.41, 5.74) is 1.04. The van der Waals surface area contributed by atoms with Crippen LogP contribution < -0.4 is 15.0 Å². The van der Waals surface area contributed by atoms with Crippen LogP contribution in [-0.2, 0) is 0 Å². The van der Waals surface area contributed by atoms with Gasteiger partial charge in [0.15, 0.2) is 11.6 Å². The Bertz CT molecular complexity index is 425. The predicted molar refractivity (Wildman–Crippen MR) is 76.4 cm³/mol. The van der Waals surface area contributed by atoms with Crippen LogP contribution in [0.3, 0.4) is 0 Å². The number of rotatable bonds is 2. The molecule has 2 rings (SSSR count). The van der Waals surface area contributed by atoms with Crippen LogP contribution in [0.1, 0.15) is 20.3 Å². The summed E-state index contributed by atoms with van der Waals surface area (Å²) in [7, 11) is 1.50. The fraction of sp³-hybridized carbons (Fsp3) is 0.600. The van der Waals surface area contributed by atoms with E-state index in [4.69, 9.17) is 4.74 Å². The van der Waals surface area contributed by atoms with Crippen molar-refractivity contribution in [1.82, 2.24) is 5.32 Å². The zero-order chi connectivity index (χ0) is 13.8. The molecule has 1 aliphatic heterocycles. The molecule has 106 valence electrons. The summed E-state index contributed by atoms with van der Waals surface area (Å²) in [6.45, 7) is 7.43. The van der Waals surface area contributed by atoms with Gasteiger partial charge < -0.3 is 15.0 Å². The molecule has 3 nitrogen and oxygen atoms in total. The largest absolute Gasteiger partial charge is 0.494 e. The number of nitrogens with zero attached hydrogens (tertiary/aromatic N) is 1. The van der Waals surface area contributed by atoms with Gasteiger partial charge in [-0.05, 0) is 37.9 Å². The maximum Gasteiger partial charge on any atom is 0.165 e. The first-order valence-corrected chi connectivity index (χ1v) is 6.92. The minimum atomic E-state index is -0.304. The molecular formula is C15H23FN2O. The molecule has 0 spiro atoms. The van der Waals surface area contributed by atoms with E-state index in [1.54, 1.807) is 6.07 Å². The first-order valence-electron chi connectivity index (χ1n) is 6.92. The molecule has 1 aromatic rings. The molecule has 0 saturated carbocycles. The van der Waals surface area contributed by atoms with Crippen molar-refractivity contribution < 1.29 is 9.13 Å². The molecule has 1 aliphatic rings. The number of anilines is 1. The molecule has 4 heteroatoms. The second-order valence-electron chi connectivity index (χ2n) is 5.47. The minimum Gasteiger partial charge on any atom is -0.494 e. The molecule has 0 aromatic heterocycles. The zero-order valence-electron chi connectivity index (χ0n) is 11.9. The lowest BCUT2D eigenvalue weighted by molar-refractivity contribution is 0.385. The number of ether oxygens (including phenoxy) is 1. The highest BCUT2D eigenvalue weighted by molar-refractivity contribution is 5.51. The molecule has 2 atom stereocenters. The Morgan fingerprint density at radius 3 is 2.89 bits per heavy atom. The van der Waals surface area contributed by atoms with Crippen molar-refractivity contribution in [2.24, 2.45) is 5.92 Å². The van der Waals surface area contributed by atoms with Crippen LogP contribution in [0.4, 0.5) is 10.1 Å². The van der Waals surface area contributed by atoms with Crippen LogP contribution >= 0.6 is 0 Å². The average molecular weight is 266 g/mol. The van der Waals surface area contributed by atoms with E-state index in [-0.39, 0.29) is 5.82 Å². The predicted octanol–water partition coefficient (Wildman–Crippen LogP) is 2.66. The van der Waals surface area contributed by atoms with Crippen molar-refractivity contribution in [2.75, 3.05) is 31.6 Å². The number of halogens is 1. The van der Waals surface area contributed by atoms with Crippen molar-refractivity contribution in [2.45, 2.75) is 26.3 Å². The Morgan fingerprint density at radius 2 is 2.16 bits per heavy atom. The summed E-state index contributed by atoms with van der Waals surface area (Å²) < 4.78 is 18.5.